The lowest BCUT2D eigenvalue weighted by Crippen LogP contribution is -2.47. The average Bonchev–Trinajstić information content (AvgIpc) is 2.65. The fourth-order valence-electron chi connectivity index (χ4n) is 1.92. The van der Waals surface area contributed by atoms with E-state index in [9.17, 15) is 4.79 Å². The predicted octanol–water partition coefficient (Wildman–Crippen LogP) is -0.528. The number of morpholine rings is 1. The second-order valence-corrected chi connectivity index (χ2v) is 3.88. The Morgan fingerprint density at radius 2 is 1.93 bits per heavy atom. The normalized spacial score (nSPS) is 28.2. The summed E-state index contributed by atoms with van der Waals surface area (Å²) in [6.45, 7) is 4.25. The lowest BCUT2D eigenvalue weighted by Gasteiger charge is -2.30. The van der Waals surface area contributed by atoms with Crippen molar-refractivity contribution < 1.29 is 9.53 Å². The zero-order chi connectivity index (χ0) is 9.97. The van der Waals surface area contributed by atoms with Gasteiger partial charge in [-0.2, -0.15) is 0 Å². The Morgan fingerprint density at radius 1 is 1.21 bits per heavy atom. The van der Waals surface area contributed by atoms with Gasteiger partial charge in [0.15, 0.2) is 0 Å². The van der Waals surface area contributed by atoms with Gasteiger partial charge >= 0.3 is 6.03 Å². The average molecular weight is 199 g/mol. The van der Waals surface area contributed by atoms with Crippen molar-refractivity contribution in [3.05, 3.63) is 0 Å². The number of carbonyl (C=O) groups excluding carboxylic acids is 1. The van der Waals surface area contributed by atoms with Gasteiger partial charge < -0.3 is 20.3 Å². The molecule has 2 amide bonds. The highest BCUT2D eigenvalue weighted by Gasteiger charge is 2.28. The van der Waals surface area contributed by atoms with Gasteiger partial charge in [0.2, 0.25) is 0 Å². The maximum Gasteiger partial charge on any atom is 0.320 e. The molecule has 0 saturated carbocycles. The van der Waals surface area contributed by atoms with E-state index in [2.05, 4.69) is 0 Å². The highest BCUT2D eigenvalue weighted by atomic mass is 16.5. The summed E-state index contributed by atoms with van der Waals surface area (Å²) in [5.41, 5.74) is 5.76. The maximum absolute atomic E-state index is 11.9. The molecular weight excluding hydrogens is 182 g/mol. The van der Waals surface area contributed by atoms with Crippen molar-refractivity contribution in [1.29, 1.82) is 0 Å². The zero-order valence-electron chi connectivity index (χ0n) is 8.32. The van der Waals surface area contributed by atoms with Crippen molar-refractivity contribution in [2.75, 3.05) is 39.4 Å². The predicted molar refractivity (Wildman–Crippen MR) is 52.0 cm³/mol. The third-order valence-corrected chi connectivity index (χ3v) is 2.78. The summed E-state index contributed by atoms with van der Waals surface area (Å²) in [4.78, 5) is 15.6. The van der Waals surface area contributed by atoms with E-state index in [-0.39, 0.29) is 12.1 Å². The van der Waals surface area contributed by atoms with Crippen molar-refractivity contribution in [1.82, 2.24) is 9.80 Å². The van der Waals surface area contributed by atoms with E-state index in [1.807, 2.05) is 9.80 Å². The van der Waals surface area contributed by atoms with E-state index in [1.165, 1.54) is 0 Å². The number of nitrogens with two attached hydrogens (primary N) is 1. The first-order valence-corrected chi connectivity index (χ1v) is 5.14. The third kappa shape index (κ3) is 1.99. The molecule has 0 radical (unpaired) electrons. The fourth-order valence-corrected chi connectivity index (χ4v) is 1.92. The van der Waals surface area contributed by atoms with Crippen LogP contribution in [0, 0.1) is 0 Å². The molecule has 2 heterocycles. The molecule has 0 bridgehead atoms. The molecule has 2 fully saturated rings. The van der Waals surface area contributed by atoms with Gasteiger partial charge in [-0.3, -0.25) is 0 Å². The lowest BCUT2D eigenvalue weighted by atomic mass is 10.3. The van der Waals surface area contributed by atoms with Gasteiger partial charge in [-0.15, -0.1) is 0 Å². The third-order valence-electron chi connectivity index (χ3n) is 2.78. The van der Waals surface area contributed by atoms with Gasteiger partial charge in [0.1, 0.15) is 0 Å². The van der Waals surface area contributed by atoms with Crippen LogP contribution in [-0.4, -0.2) is 61.3 Å². The van der Waals surface area contributed by atoms with E-state index in [0.29, 0.717) is 32.8 Å². The van der Waals surface area contributed by atoms with Crippen LogP contribution < -0.4 is 5.73 Å². The fraction of sp³-hybridized carbons (Fsp3) is 0.889. The highest BCUT2D eigenvalue weighted by Crippen LogP contribution is 2.11. The van der Waals surface area contributed by atoms with E-state index in [1.54, 1.807) is 0 Å². The van der Waals surface area contributed by atoms with Crippen molar-refractivity contribution in [2.45, 2.75) is 12.5 Å². The van der Waals surface area contributed by atoms with E-state index < -0.39 is 0 Å². The van der Waals surface area contributed by atoms with Crippen LogP contribution in [0.1, 0.15) is 6.42 Å². The van der Waals surface area contributed by atoms with Crippen molar-refractivity contribution in [2.24, 2.45) is 5.73 Å². The minimum atomic E-state index is 0.126. The number of urea groups is 1. The van der Waals surface area contributed by atoms with Crippen LogP contribution in [0.3, 0.4) is 0 Å². The van der Waals surface area contributed by atoms with Gasteiger partial charge in [0.25, 0.3) is 0 Å². The van der Waals surface area contributed by atoms with Crippen LogP contribution in [0.15, 0.2) is 0 Å². The second-order valence-electron chi connectivity index (χ2n) is 3.88. The summed E-state index contributed by atoms with van der Waals surface area (Å²) in [7, 11) is 0. The number of carbonyl (C=O) groups is 1. The number of ether oxygens (including phenoxy) is 1. The Hall–Kier alpha value is -0.810. The first kappa shape index (κ1) is 9.73. The zero-order valence-corrected chi connectivity index (χ0v) is 8.32. The molecule has 14 heavy (non-hydrogen) atoms. The second kappa shape index (κ2) is 4.14. The minimum absolute atomic E-state index is 0.126. The monoisotopic (exact) mass is 199 g/mol. The molecule has 0 spiro atoms. The van der Waals surface area contributed by atoms with Crippen LogP contribution in [0.4, 0.5) is 4.79 Å². The molecule has 0 aromatic carbocycles. The molecule has 2 rings (SSSR count). The summed E-state index contributed by atoms with van der Waals surface area (Å²) in [5, 5.41) is 0. The van der Waals surface area contributed by atoms with Gasteiger partial charge in [0, 0.05) is 32.2 Å². The molecule has 2 aliphatic heterocycles. The highest BCUT2D eigenvalue weighted by molar-refractivity contribution is 5.74. The maximum atomic E-state index is 11.9. The van der Waals surface area contributed by atoms with Crippen LogP contribution in [-0.2, 0) is 4.74 Å². The van der Waals surface area contributed by atoms with Crippen LogP contribution in [0.25, 0.3) is 0 Å². The number of amides is 2. The molecule has 0 unspecified atom stereocenters. The van der Waals surface area contributed by atoms with E-state index >= 15 is 0 Å². The standard InChI is InChI=1S/C9H17N3O2/c10-8-1-2-12(7-8)9(13)11-3-5-14-6-4-11/h8H,1-7,10H2/t8-/m0/s1. The molecule has 0 aliphatic carbocycles. The van der Waals surface area contributed by atoms with Crippen molar-refractivity contribution >= 4 is 6.03 Å². The Balaban J connectivity index is 1.87. The van der Waals surface area contributed by atoms with Crippen LogP contribution >= 0.6 is 0 Å². The molecule has 2 aliphatic rings. The van der Waals surface area contributed by atoms with Gasteiger partial charge in [-0.05, 0) is 6.42 Å². The first-order chi connectivity index (χ1) is 6.77. The molecule has 2 saturated heterocycles. The summed E-state index contributed by atoms with van der Waals surface area (Å²) >= 11 is 0. The molecule has 2 N–H and O–H groups in total. The molecule has 5 nitrogen and oxygen atoms in total. The summed E-state index contributed by atoms with van der Waals surface area (Å²) in [6.07, 6.45) is 0.927. The summed E-state index contributed by atoms with van der Waals surface area (Å²) in [6, 6.07) is 0.293. The Bertz CT molecular complexity index is 209. The molecule has 1 atom stereocenters. The molecule has 5 heteroatoms. The number of hydrogen-bond acceptors (Lipinski definition) is 3. The molecule has 0 aromatic heterocycles. The van der Waals surface area contributed by atoms with Crippen LogP contribution in [0.5, 0.6) is 0 Å². The largest absolute Gasteiger partial charge is 0.378 e. The molecular formula is C9H17N3O2. The smallest absolute Gasteiger partial charge is 0.320 e. The van der Waals surface area contributed by atoms with Gasteiger partial charge in [0.05, 0.1) is 13.2 Å². The number of hydrogen-bond donors (Lipinski definition) is 1. The summed E-state index contributed by atoms with van der Waals surface area (Å²) in [5.74, 6) is 0. The van der Waals surface area contributed by atoms with Gasteiger partial charge in [-0.1, -0.05) is 0 Å². The Morgan fingerprint density at radius 3 is 2.50 bits per heavy atom. The quantitative estimate of drug-likeness (QED) is 0.570. The van der Waals surface area contributed by atoms with Gasteiger partial charge in [-0.25, -0.2) is 4.79 Å². The molecule has 80 valence electrons. The number of nitrogens with zero attached hydrogens (tertiary/aromatic N) is 2. The molecule has 0 aromatic rings. The van der Waals surface area contributed by atoms with Crippen molar-refractivity contribution in [3.8, 4) is 0 Å². The topological polar surface area (TPSA) is 58.8 Å². The Kier molecular flexibility index (Phi) is 2.88. The van der Waals surface area contributed by atoms with Crippen molar-refractivity contribution in [3.63, 3.8) is 0 Å². The Labute approximate surface area is 83.8 Å². The summed E-state index contributed by atoms with van der Waals surface area (Å²) < 4.78 is 5.20. The first-order valence-electron chi connectivity index (χ1n) is 5.14. The van der Waals surface area contributed by atoms with E-state index in [0.717, 1.165) is 13.0 Å². The SMILES string of the molecule is N[C@H]1CCN(C(=O)N2CCOCC2)C1. The number of likely N-dealkylation sites (tertiary alicyclic amines) is 1. The van der Waals surface area contributed by atoms with Crippen LogP contribution in [0.2, 0.25) is 0 Å². The number of rotatable bonds is 0. The van der Waals surface area contributed by atoms with E-state index in [4.69, 9.17) is 10.5 Å². The minimum Gasteiger partial charge on any atom is -0.378 e. The lowest BCUT2D eigenvalue weighted by molar-refractivity contribution is 0.0451.